The van der Waals surface area contributed by atoms with Crippen LogP contribution >= 0.6 is 0 Å². The smallest absolute Gasteiger partial charge is 0.197 e. The Balaban J connectivity index is 1.88. The Hall–Kier alpha value is -4.31. The van der Waals surface area contributed by atoms with Crippen LogP contribution in [0.3, 0.4) is 0 Å². The number of aromatic nitrogens is 1. The number of benzene rings is 4. The summed E-state index contributed by atoms with van der Waals surface area (Å²) in [6.07, 6.45) is 0. The number of pyridine rings is 1. The number of nitrogen functional groups attached to an aromatic ring is 1. The van der Waals surface area contributed by atoms with E-state index in [9.17, 15) is 4.79 Å². The summed E-state index contributed by atoms with van der Waals surface area (Å²) in [4.78, 5) is 14.0. The van der Waals surface area contributed by atoms with Crippen molar-refractivity contribution >= 4 is 16.6 Å². The number of nitrogens with zero attached hydrogens (tertiary/aromatic N) is 1. The van der Waals surface area contributed by atoms with Crippen LogP contribution in [-0.2, 0) is 6.54 Å². The number of ether oxygens (including phenoxy) is 1. The monoisotopic (exact) mass is 460 g/mol. The van der Waals surface area contributed by atoms with Crippen molar-refractivity contribution in [3.05, 3.63) is 118 Å². The minimum atomic E-state index is -0.0160. The largest absolute Gasteiger partial charge is 0.497 e. The molecule has 0 amide bonds. The molecule has 0 aliphatic rings. The molecule has 5 rings (SSSR count). The Kier molecular flexibility index (Phi) is 5.87. The van der Waals surface area contributed by atoms with Crippen LogP contribution in [-0.4, -0.2) is 11.7 Å². The van der Waals surface area contributed by atoms with Gasteiger partial charge in [-0.25, -0.2) is 0 Å². The maximum atomic E-state index is 14.0. The standard InChI is InChI=1S/C31H28N2O2/c1-20-4-10-23(11-5-20)29-30(24-12-6-21(2)7-13-24)33(19-22-8-15-26(35-3)16-9-22)28-17-14-25(32)18-27(28)31(29)34/h4-18H,19,32H2,1-3H3. The molecule has 0 fully saturated rings. The van der Waals surface area contributed by atoms with Crippen molar-refractivity contribution in [1.29, 1.82) is 0 Å². The topological polar surface area (TPSA) is 57.2 Å². The van der Waals surface area contributed by atoms with Gasteiger partial charge in [0.2, 0.25) is 0 Å². The first-order valence-electron chi connectivity index (χ1n) is 11.7. The maximum absolute atomic E-state index is 14.0. The molecule has 174 valence electrons. The molecule has 0 saturated carbocycles. The molecule has 2 N–H and O–H groups in total. The van der Waals surface area contributed by atoms with E-state index >= 15 is 0 Å². The molecule has 4 aromatic carbocycles. The first kappa shape index (κ1) is 22.5. The third-order valence-corrected chi connectivity index (χ3v) is 6.45. The van der Waals surface area contributed by atoms with Crippen molar-refractivity contribution in [3.63, 3.8) is 0 Å². The summed E-state index contributed by atoms with van der Waals surface area (Å²) in [7, 11) is 1.66. The summed E-state index contributed by atoms with van der Waals surface area (Å²) in [6.45, 7) is 4.71. The van der Waals surface area contributed by atoms with E-state index in [1.165, 1.54) is 5.56 Å². The zero-order valence-electron chi connectivity index (χ0n) is 20.2. The molecule has 1 heterocycles. The number of hydrogen-bond donors (Lipinski definition) is 1. The van der Waals surface area contributed by atoms with Gasteiger partial charge in [-0.3, -0.25) is 4.79 Å². The van der Waals surface area contributed by atoms with Gasteiger partial charge in [0.05, 0.1) is 23.9 Å². The first-order chi connectivity index (χ1) is 16.9. The normalized spacial score (nSPS) is 11.1. The van der Waals surface area contributed by atoms with Crippen LogP contribution in [0.15, 0.2) is 95.8 Å². The zero-order valence-corrected chi connectivity index (χ0v) is 20.2. The summed E-state index contributed by atoms with van der Waals surface area (Å²) < 4.78 is 7.58. The highest BCUT2D eigenvalue weighted by atomic mass is 16.5. The van der Waals surface area contributed by atoms with Crippen LogP contribution in [0.1, 0.15) is 16.7 Å². The zero-order chi connectivity index (χ0) is 24.5. The average molecular weight is 461 g/mol. The third kappa shape index (κ3) is 4.31. The van der Waals surface area contributed by atoms with Crippen LogP contribution in [0.25, 0.3) is 33.3 Å². The van der Waals surface area contributed by atoms with E-state index in [0.29, 0.717) is 23.2 Å². The van der Waals surface area contributed by atoms with Crippen molar-refractivity contribution in [2.24, 2.45) is 0 Å². The number of hydrogen-bond acceptors (Lipinski definition) is 3. The van der Waals surface area contributed by atoms with Gasteiger partial charge in [0, 0.05) is 17.6 Å². The van der Waals surface area contributed by atoms with Gasteiger partial charge >= 0.3 is 0 Å². The molecule has 0 radical (unpaired) electrons. The number of nitrogens with two attached hydrogens (primary N) is 1. The Morgan fingerprint density at radius 3 is 1.97 bits per heavy atom. The fourth-order valence-electron chi connectivity index (χ4n) is 4.55. The van der Waals surface area contributed by atoms with Crippen molar-refractivity contribution in [2.75, 3.05) is 12.8 Å². The van der Waals surface area contributed by atoms with E-state index < -0.39 is 0 Å². The minimum Gasteiger partial charge on any atom is -0.497 e. The second-order valence-electron chi connectivity index (χ2n) is 9.00. The Morgan fingerprint density at radius 2 is 1.37 bits per heavy atom. The summed E-state index contributed by atoms with van der Waals surface area (Å²) >= 11 is 0. The number of methoxy groups -OCH3 is 1. The van der Waals surface area contributed by atoms with E-state index in [-0.39, 0.29) is 5.43 Å². The summed E-state index contributed by atoms with van der Waals surface area (Å²) in [5.74, 6) is 0.811. The van der Waals surface area contributed by atoms with Crippen LogP contribution in [0.5, 0.6) is 5.75 Å². The highest BCUT2D eigenvalue weighted by molar-refractivity contribution is 5.93. The van der Waals surface area contributed by atoms with Crippen molar-refractivity contribution in [1.82, 2.24) is 4.57 Å². The summed E-state index contributed by atoms with van der Waals surface area (Å²) in [5, 5.41) is 0.616. The lowest BCUT2D eigenvalue weighted by atomic mass is 9.94. The van der Waals surface area contributed by atoms with Gasteiger partial charge in [0.1, 0.15) is 5.75 Å². The first-order valence-corrected chi connectivity index (χ1v) is 11.7. The van der Waals surface area contributed by atoms with Gasteiger partial charge < -0.3 is 15.0 Å². The van der Waals surface area contributed by atoms with Crippen LogP contribution < -0.4 is 15.9 Å². The van der Waals surface area contributed by atoms with Crippen molar-refractivity contribution < 1.29 is 4.74 Å². The lowest BCUT2D eigenvalue weighted by molar-refractivity contribution is 0.414. The summed E-state index contributed by atoms with van der Waals surface area (Å²) in [5.41, 5.74) is 14.4. The molecular weight excluding hydrogens is 432 g/mol. The molecular formula is C31H28N2O2. The lowest BCUT2D eigenvalue weighted by Crippen LogP contribution is -2.17. The number of fused-ring (bicyclic) bond motifs is 1. The van der Waals surface area contributed by atoms with E-state index in [2.05, 4.69) is 47.9 Å². The highest BCUT2D eigenvalue weighted by Crippen LogP contribution is 2.34. The van der Waals surface area contributed by atoms with Gasteiger partial charge in [-0.15, -0.1) is 0 Å². The fraction of sp³-hybridized carbons (Fsp3) is 0.129. The molecule has 35 heavy (non-hydrogen) atoms. The number of anilines is 1. The van der Waals surface area contributed by atoms with Crippen molar-refractivity contribution in [2.45, 2.75) is 20.4 Å². The van der Waals surface area contributed by atoms with Gasteiger partial charge in [0.15, 0.2) is 5.43 Å². The Morgan fingerprint density at radius 1 is 0.771 bits per heavy atom. The molecule has 0 saturated heterocycles. The molecule has 4 heteroatoms. The molecule has 5 aromatic rings. The Bertz CT molecular complexity index is 1560. The van der Waals surface area contributed by atoms with Crippen molar-refractivity contribution in [3.8, 4) is 28.1 Å². The molecule has 0 atom stereocenters. The highest BCUT2D eigenvalue weighted by Gasteiger charge is 2.20. The Labute approximate surface area is 205 Å². The molecule has 1 aromatic heterocycles. The maximum Gasteiger partial charge on any atom is 0.197 e. The predicted octanol–water partition coefficient (Wildman–Crippen LogP) is 6.59. The predicted molar refractivity (Wildman–Crippen MR) is 145 cm³/mol. The molecule has 0 aliphatic carbocycles. The van der Waals surface area contributed by atoms with E-state index in [0.717, 1.165) is 39.2 Å². The van der Waals surface area contributed by atoms with Crippen LogP contribution in [0.2, 0.25) is 0 Å². The third-order valence-electron chi connectivity index (χ3n) is 6.45. The second kappa shape index (κ2) is 9.15. The molecule has 0 bridgehead atoms. The van der Waals surface area contributed by atoms with E-state index in [1.807, 2.05) is 55.5 Å². The van der Waals surface area contributed by atoms with Gasteiger partial charge in [-0.1, -0.05) is 71.8 Å². The van der Waals surface area contributed by atoms with Gasteiger partial charge in [0.25, 0.3) is 0 Å². The quantitative estimate of drug-likeness (QED) is 0.301. The second-order valence-corrected chi connectivity index (χ2v) is 9.00. The number of rotatable bonds is 5. The fourth-order valence-corrected chi connectivity index (χ4v) is 4.55. The SMILES string of the molecule is COc1ccc(Cn2c(-c3ccc(C)cc3)c(-c3ccc(C)cc3)c(=O)c3cc(N)ccc32)cc1. The minimum absolute atomic E-state index is 0.0160. The molecule has 0 unspecified atom stereocenters. The van der Waals surface area contributed by atoms with E-state index in [4.69, 9.17) is 10.5 Å². The number of aryl methyl sites for hydroxylation is 2. The van der Waals surface area contributed by atoms with Crippen LogP contribution in [0.4, 0.5) is 5.69 Å². The van der Waals surface area contributed by atoms with E-state index in [1.54, 1.807) is 13.2 Å². The summed E-state index contributed by atoms with van der Waals surface area (Å²) in [6, 6.07) is 30.2. The molecule has 4 nitrogen and oxygen atoms in total. The molecule has 0 spiro atoms. The lowest BCUT2D eigenvalue weighted by Gasteiger charge is -2.22. The van der Waals surface area contributed by atoms with Gasteiger partial charge in [-0.2, -0.15) is 0 Å². The van der Waals surface area contributed by atoms with Gasteiger partial charge in [-0.05, 0) is 60.9 Å². The average Bonchev–Trinajstić information content (AvgIpc) is 2.87. The molecule has 0 aliphatic heterocycles. The van der Waals surface area contributed by atoms with Crippen LogP contribution in [0, 0.1) is 13.8 Å².